The summed E-state index contributed by atoms with van der Waals surface area (Å²) in [4.78, 5) is 23.6. The van der Waals surface area contributed by atoms with E-state index in [0.717, 1.165) is 5.56 Å². The fraction of sp³-hybridized carbons (Fsp3) is 0.222. The number of anilines is 1. The van der Waals surface area contributed by atoms with Crippen LogP contribution in [0.3, 0.4) is 0 Å². The van der Waals surface area contributed by atoms with Crippen molar-refractivity contribution >= 4 is 17.6 Å². The van der Waals surface area contributed by atoms with Gasteiger partial charge in [-0.3, -0.25) is 4.79 Å². The standard InChI is InChI=1S/C18H19NO4/c1-13-7-6-10-16(11-13)23-14(2)18(21)22-12-17(20)19-15-8-4-3-5-9-15/h3-11,14H,12H2,1-2H3,(H,19,20)/t14-/m0/s1. The Bertz CT molecular complexity index is 670. The van der Waals surface area contributed by atoms with Crippen molar-refractivity contribution in [2.75, 3.05) is 11.9 Å². The molecule has 0 fully saturated rings. The van der Waals surface area contributed by atoms with Gasteiger partial charge in [-0.05, 0) is 43.7 Å². The second kappa shape index (κ2) is 7.98. The minimum absolute atomic E-state index is 0.352. The molecule has 0 bridgehead atoms. The molecule has 1 N–H and O–H groups in total. The van der Waals surface area contributed by atoms with Crippen molar-refractivity contribution in [2.45, 2.75) is 20.0 Å². The molecule has 2 aromatic carbocycles. The molecule has 0 saturated carbocycles. The zero-order chi connectivity index (χ0) is 16.7. The van der Waals surface area contributed by atoms with Crippen molar-refractivity contribution < 1.29 is 19.1 Å². The average Bonchev–Trinajstić information content (AvgIpc) is 2.53. The van der Waals surface area contributed by atoms with Gasteiger partial charge in [-0.2, -0.15) is 0 Å². The Morgan fingerprint density at radius 2 is 1.83 bits per heavy atom. The van der Waals surface area contributed by atoms with Gasteiger partial charge in [-0.15, -0.1) is 0 Å². The lowest BCUT2D eigenvalue weighted by Crippen LogP contribution is -2.29. The van der Waals surface area contributed by atoms with Gasteiger partial charge in [0, 0.05) is 5.69 Å². The number of hydrogen-bond donors (Lipinski definition) is 1. The predicted octanol–water partition coefficient (Wildman–Crippen LogP) is 2.94. The summed E-state index contributed by atoms with van der Waals surface area (Å²) in [6.45, 7) is 3.17. The van der Waals surface area contributed by atoms with Gasteiger partial charge in [0.15, 0.2) is 12.7 Å². The molecule has 5 nitrogen and oxygen atoms in total. The van der Waals surface area contributed by atoms with Gasteiger partial charge in [0.25, 0.3) is 5.91 Å². The van der Waals surface area contributed by atoms with Gasteiger partial charge in [-0.25, -0.2) is 4.79 Å². The Kier molecular flexibility index (Phi) is 5.74. The second-order valence-electron chi connectivity index (χ2n) is 5.10. The van der Waals surface area contributed by atoms with Crippen LogP contribution in [0.2, 0.25) is 0 Å². The third kappa shape index (κ3) is 5.47. The van der Waals surface area contributed by atoms with E-state index >= 15 is 0 Å². The highest BCUT2D eigenvalue weighted by Crippen LogP contribution is 2.14. The summed E-state index contributed by atoms with van der Waals surface area (Å²) in [5.74, 6) is -0.398. The van der Waals surface area contributed by atoms with E-state index in [2.05, 4.69) is 5.32 Å². The molecular weight excluding hydrogens is 294 g/mol. The van der Waals surface area contributed by atoms with E-state index in [0.29, 0.717) is 11.4 Å². The van der Waals surface area contributed by atoms with E-state index in [9.17, 15) is 9.59 Å². The third-order valence-corrected chi connectivity index (χ3v) is 3.04. The number of rotatable bonds is 6. The summed E-state index contributed by atoms with van der Waals surface area (Å²) in [6, 6.07) is 16.3. The molecule has 2 rings (SSSR count). The lowest BCUT2D eigenvalue weighted by atomic mass is 10.2. The fourth-order valence-electron chi connectivity index (χ4n) is 1.91. The van der Waals surface area contributed by atoms with Crippen molar-refractivity contribution in [3.63, 3.8) is 0 Å². The zero-order valence-corrected chi connectivity index (χ0v) is 13.1. The van der Waals surface area contributed by atoms with Crippen molar-refractivity contribution in [1.29, 1.82) is 0 Å². The van der Waals surface area contributed by atoms with Gasteiger partial charge in [0.05, 0.1) is 0 Å². The predicted molar refractivity (Wildman–Crippen MR) is 87.3 cm³/mol. The number of esters is 1. The first-order valence-corrected chi connectivity index (χ1v) is 7.29. The van der Waals surface area contributed by atoms with E-state index < -0.39 is 18.0 Å². The molecule has 0 aliphatic heterocycles. The number of para-hydroxylation sites is 1. The number of nitrogens with one attached hydrogen (secondary N) is 1. The van der Waals surface area contributed by atoms with Crippen LogP contribution in [0.15, 0.2) is 54.6 Å². The third-order valence-electron chi connectivity index (χ3n) is 3.04. The van der Waals surface area contributed by atoms with Crippen molar-refractivity contribution in [3.05, 3.63) is 60.2 Å². The maximum absolute atomic E-state index is 11.9. The topological polar surface area (TPSA) is 64.6 Å². The van der Waals surface area contributed by atoms with Crippen LogP contribution in [0.1, 0.15) is 12.5 Å². The number of carbonyl (C=O) groups is 2. The van der Waals surface area contributed by atoms with E-state index in [1.807, 2.05) is 31.2 Å². The van der Waals surface area contributed by atoms with Gasteiger partial charge in [0.2, 0.25) is 0 Å². The minimum atomic E-state index is -0.790. The number of amides is 1. The summed E-state index contributed by atoms with van der Waals surface area (Å²) < 4.78 is 10.5. The first-order valence-electron chi connectivity index (χ1n) is 7.29. The molecule has 0 aliphatic rings. The molecule has 0 spiro atoms. The van der Waals surface area contributed by atoms with Crippen LogP contribution in [0.4, 0.5) is 5.69 Å². The highest BCUT2D eigenvalue weighted by molar-refractivity contribution is 5.93. The average molecular weight is 313 g/mol. The number of benzene rings is 2. The van der Waals surface area contributed by atoms with Crippen LogP contribution in [-0.4, -0.2) is 24.6 Å². The summed E-state index contributed by atoms with van der Waals surface area (Å²) in [6.07, 6.45) is -0.790. The smallest absolute Gasteiger partial charge is 0.347 e. The van der Waals surface area contributed by atoms with Crippen molar-refractivity contribution in [1.82, 2.24) is 0 Å². The normalized spacial score (nSPS) is 11.4. The largest absolute Gasteiger partial charge is 0.479 e. The van der Waals surface area contributed by atoms with Crippen LogP contribution in [0.5, 0.6) is 5.75 Å². The molecule has 0 aromatic heterocycles. The Morgan fingerprint density at radius 1 is 1.09 bits per heavy atom. The Hall–Kier alpha value is -2.82. The van der Waals surface area contributed by atoms with E-state index in [1.54, 1.807) is 37.3 Å². The van der Waals surface area contributed by atoms with E-state index in [-0.39, 0.29) is 6.61 Å². The van der Waals surface area contributed by atoms with Gasteiger partial charge < -0.3 is 14.8 Å². The van der Waals surface area contributed by atoms with Crippen molar-refractivity contribution in [2.24, 2.45) is 0 Å². The van der Waals surface area contributed by atoms with E-state index in [1.165, 1.54) is 0 Å². The second-order valence-corrected chi connectivity index (χ2v) is 5.10. The molecule has 23 heavy (non-hydrogen) atoms. The van der Waals surface area contributed by atoms with Gasteiger partial charge in [0.1, 0.15) is 5.75 Å². The molecule has 0 heterocycles. The van der Waals surface area contributed by atoms with Crippen LogP contribution in [-0.2, 0) is 14.3 Å². The highest BCUT2D eigenvalue weighted by atomic mass is 16.6. The minimum Gasteiger partial charge on any atom is -0.479 e. The van der Waals surface area contributed by atoms with E-state index in [4.69, 9.17) is 9.47 Å². The molecule has 2 aromatic rings. The van der Waals surface area contributed by atoms with Gasteiger partial charge in [-0.1, -0.05) is 30.3 Å². The number of ether oxygens (including phenoxy) is 2. The molecule has 5 heteroatoms. The first-order chi connectivity index (χ1) is 11.0. The SMILES string of the molecule is Cc1cccc(O[C@@H](C)C(=O)OCC(=O)Nc2ccccc2)c1. The van der Waals surface area contributed by atoms with Crippen LogP contribution in [0, 0.1) is 6.92 Å². The van der Waals surface area contributed by atoms with Crippen LogP contribution < -0.4 is 10.1 Å². The molecule has 0 aliphatic carbocycles. The van der Waals surface area contributed by atoms with Gasteiger partial charge >= 0.3 is 5.97 Å². The molecule has 0 saturated heterocycles. The summed E-state index contributed by atoms with van der Waals surface area (Å²) in [5.41, 5.74) is 1.68. The fourth-order valence-corrected chi connectivity index (χ4v) is 1.91. The molecule has 1 atom stereocenters. The molecule has 120 valence electrons. The van der Waals surface area contributed by atoms with Crippen LogP contribution in [0.25, 0.3) is 0 Å². The number of hydrogen-bond acceptors (Lipinski definition) is 4. The summed E-state index contributed by atoms with van der Waals surface area (Å²) >= 11 is 0. The molecular formula is C18H19NO4. The lowest BCUT2D eigenvalue weighted by Gasteiger charge is -2.14. The zero-order valence-electron chi connectivity index (χ0n) is 13.1. The summed E-state index contributed by atoms with van der Waals surface area (Å²) in [5, 5.41) is 2.64. The maximum Gasteiger partial charge on any atom is 0.347 e. The molecule has 1 amide bonds. The quantitative estimate of drug-likeness (QED) is 0.833. The van der Waals surface area contributed by atoms with Crippen molar-refractivity contribution in [3.8, 4) is 5.75 Å². The Balaban J connectivity index is 1.78. The highest BCUT2D eigenvalue weighted by Gasteiger charge is 2.17. The molecule has 0 unspecified atom stereocenters. The maximum atomic E-state index is 11.9. The Morgan fingerprint density at radius 3 is 2.52 bits per heavy atom. The molecule has 0 radical (unpaired) electrons. The lowest BCUT2D eigenvalue weighted by molar-refractivity contribution is -0.153. The number of carbonyl (C=O) groups excluding carboxylic acids is 2. The first kappa shape index (κ1) is 16.5. The number of aryl methyl sites for hydroxylation is 1. The monoisotopic (exact) mass is 313 g/mol. The Labute approximate surface area is 135 Å². The summed E-state index contributed by atoms with van der Waals surface area (Å²) in [7, 11) is 0. The van der Waals surface area contributed by atoms with Crippen LogP contribution >= 0.6 is 0 Å².